The van der Waals surface area contributed by atoms with Crippen LogP contribution in [-0.2, 0) is 19.5 Å². The van der Waals surface area contributed by atoms with Gasteiger partial charge in [0.15, 0.2) is 11.5 Å². The van der Waals surface area contributed by atoms with Gasteiger partial charge in [0.25, 0.3) is 0 Å². The van der Waals surface area contributed by atoms with E-state index in [0.717, 1.165) is 69.3 Å². The fourth-order valence-electron chi connectivity index (χ4n) is 4.88. The lowest BCUT2D eigenvalue weighted by molar-refractivity contribution is 0.284. The van der Waals surface area contributed by atoms with Crippen LogP contribution in [0.1, 0.15) is 17.1 Å². The minimum absolute atomic E-state index is 0.306. The Balaban J connectivity index is 1.17. The van der Waals surface area contributed by atoms with Crippen molar-refractivity contribution in [3.63, 3.8) is 0 Å². The highest BCUT2D eigenvalue weighted by Gasteiger charge is 2.23. The van der Waals surface area contributed by atoms with Gasteiger partial charge in [0, 0.05) is 57.6 Å². The van der Waals surface area contributed by atoms with Crippen LogP contribution < -0.4 is 15.4 Å². The van der Waals surface area contributed by atoms with Crippen molar-refractivity contribution in [1.82, 2.24) is 34.4 Å². The minimum Gasteiger partial charge on any atom is -0.494 e. The molecule has 176 valence electrons. The molecule has 1 aromatic carbocycles. The zero-order valence-corrected chi connectivity index (χ0v) is 19.6. The van der Waals surface area contributed by atoms with E-state index >= 15 is 0 Å². The average molecular weight is 460 g/mol. The molecule has 2 aliphatic heterocycles. The van der Waals surface area contributed by atoms with Crippen molar-refractivity contribution in [3.8, 4) is 5.75 Å². The maximum Gasteiger partial charge on any atom is 0.223 e. The van der Waals surface area contributed by atoms with E-state index < -0.39 is 0 Å². The first kappa shape index (κ1) is 21.1. The SMILES string of the molecule is COc1cccc2c1nc(N)n1nc(CCN3Cc4ccc(N5CCN(C)CC5)nc4C3)nc21. The number of anilines is 2. The van der Waals surface area contributed by atoms with Crippen LogP contribution in [0, 0.1) is 0 Å². The molecular formula is C24H29N9O. The van der Waals surface area contributed by atoms with Crippen LogP contribution >= 0.6 is 0 Å². The van der Waals surface area contributed by atoms with E-state index in [9.17, 15) is 0 Å². The molecule has 0 aliphatic carbocycles. The number of methoxy groups -OCH3 is 1. The topological polar surface area (TPSA) is 101 Å². The van der Waals surface area contributed by atoms with Crippen molar-refractivity contribution in [1.29, 1.82) is 0 Å². The summed E-state index contributed by atoms with van der Waals surface area (Å²) < 4.78 is 7.07. The second kappa shape index (κ2) is 8.37. The number of para-hydroxylation sites is 1. The summed E-state index contributed by atoms with van der Waals surface area (Å²) in [5.74, 6) is 2.83. The third kappa shape index (κ3) is 3.68. The van der Waals surface area contributed by atoms with Gasteiger partial charge >= 0.3 is 0 Å². The van der Waals surface area contributed by atoms with Crippen molar-refractivity contribution in [2.24, 2.45) is 0 Å². The highest BCUT2D eigenvalue weighted by atomic mass is 16.5. The lowest BCUT2D eigenvalue weighted by Gasteiger charge is -2.33. The number of aromatic nitrogens is 5. The summed E-state index contributed by atoms with van der Waals surface area (Å²) in [6.45, 7) is 6.84. The molecule has 10 heteroatoms. The number of nitrogen functional groups attached to an aromatic ring is 1. The zero-order chi connectivity index (χ0) is 23.2. The maximum atomic E-state index is 6.19. The summed E-state index contributed by atoms with van der Waals surface area (Å²) >= 11 is 0. The molecule has 2 N–H and O–H groups in total. The zero-order valence-electron chi connectivity index (χ0n) is 19.6. The normalized spacial score (nSPS) is 17.1. The van der Waals surface area contributed by atoms with Crippen LogP contribution in [0.2, 0.25) is 0 Å². The number of pyridine rings is 1. The van der Waals surface area contributed by atoms with E-state index in [0.29, 0.717) is 22.9 Å². The molecule has 0 saturated carbocycles. The Morgan fingerprint density at radius 1 is 1.00 bits per heavy atom. The molecule has 10 nitrogen and oxygen atoms in total. The second-order valence-electron chi connectivity index (χ2n) is 9.12. The number of ether oxygens (including phenoxy) is 1. The maximum absolute atomic E-state index is 6.19. The van der Waals surface area contributed by atoms with Crippen LogP contribution in [-0.4, -0.2) is 81.2 Å². The number of rotatable bonds is 5. The van der Waals surface area contributed by atoms with Crippen molar-refractivity contribution < 1.29 is 4.74 Å². The summed E-state index contributed by atoms with van der Waals surface area (Å²) in [5.41, 5.74) is 10.1. The first-order chi connectivity index (χ1) is 16.6. The molecular weight excluding hydrogens is 430 g/mol. The summed E-state index contributed by atoms with van der Waals surface area (Å²) in [4.78, 5) is 21.4. The van der Waals surface area contributed by atoms with Gasteiger partial charge in [-0.15, -0.1) is 5.10 Å². The largest absolute Gasteiger partial charge is 0.494 e. The van der Waals surface area contributed by atoms with Crippen LogP contribution in [0.15, 0.2) is 30.3 Å². The number of likely N-dealkylation sites (N-methyl/N-ethyl adjacent to an activating group) is 1. The first-order valence-electron chi connectivity index (χ1n) is 11.7. The monoisotopic (exact) mass is 459 g/mol. The Hall–Kier alpha value is -3.50. The average Bonchev–Trinajstić information content (AvgIpc) is 3.47. The van der Waals surface area contributed by atoms with Gasteiger partial charge in [0.2, 0.25) is 5.95 Å². The van der Waals surface area contributed by atoms with Crippen molar-refractivity contribution in [2.75, 3.05) is 57.5 Å². The van der Waals surface area contributed by atoms with Gasteiger partial charge in [-0.05, 0) is 30.8 Å². The van der Waals surface area contributed by atoms with Gasteiger partial charge in [0.1, 0.15) is 17.1 Å². The molecule has 5 heterocycles. The Morgan fingerprint density at radius 3 is 2.68 bits per heavy atom. The van der Waals surface area contributed by atoms with Crippen LogP contribution in [0.5, 0.6) is 5.75 Å². The minimum atomic E-state index is 0.306. The molecule has 2 aliphatic rings. The molecule has 4 aromatic rings. The third-order valence-corrected chi connectivity index (χ3v) is 6.85. The van der Waals surface area contributed by atoms with Crippen LogP contribution in [0.4, 0.5) is 11.8 Å². The van der Waals surface area contributed by atoms with E-state index in [1.54, 1.807) is 11.6 Å². The smallest absolute Gasteiger partial charge is 0.223 e. The number of benzene rings is 1. The molecule has 0 atom stereocenters. The van der Waals surface area contributed by atoms with Gasteiger partial charge in [-0.1, -0.05) is 12.1 Å². The second-order valence-corrected chi connectivity index (χ2v) is 9.12. The summed E-state index contributed by atoms with van der Waals surface area (Å²) in [7, 11) is 3.80. The number of nitrogens with zero attached hydrogens (tertiary/aromatic N) is 8. The van der Waals surface area contributed by atoms with E-state index in [4.69, 9.17) is 20.4 Å². The molecule has 1 saturated heterocycles. The van der Waals surface area contributed by atoms with Crippen LogP contribution in [0.25, 0.3) is 16.6 Å². The van der Waals surface area contributed by atoms with Crippen LogP contribution in [0.3, 0.4) is 0 Å². The quantitative estimate of drug-likeness (QED) is 0.477. The Morgan fingerprint density at radius 2 is 1.85 bits per heavy atom. The molecule has 0 spiro atoms. The number of piperazine rings is 1. The fraction of sp³-hybridized carbons (Fsp3) is 0.417. The summed E-state index contributed by atoms with van der Waals surface area (Å²) in [5, 5.41) is 5.51. The highest BCUT2D eigenvalue weighted by molar-refractivity contribution is 5.95. The fourth-order valence-corrected chi connectivity index (χ4v) is 4.88. The highest BCUT2D eigenvalue weighted by Crippen LogP contribution is 2.28. The molecule has 0 bridgehead atoms. The number of fused-ring (bicyclic) bond motifs is 4. The molecule has 6 rings (SSSR count). The predicted octanol–water partition coefficient (Wildman–Crippen LogP) is 1.57. The van der Waals surface area contributed by atoms with E-state index in [2.05, 4.69) is 44.0 Å². The number of hydrogen-bond donors (Lipinski definition) is 1. The predicted molar refractivity (Wildman–Crippen MR) is 131 cm³/mol. The standard InChI is InChI=1S/C24H29N9O/c1-30-10-12-32(13-11-30)21-7-6-16-14-31(15-18(16)26-21)9-8-20-27-23-17-4-3-5-19(34-2)22(17)28-24(25)33(23)29-20/h3-7H,8-15H2,1-2H3,(H2,25,28). The molecule has 3 aromatic heterocycles. The number of hydrogen-bond acceptors (Lipinski definition) is 9. The Kier molecular flexibility index (Phi) is 5.19. The lowest BCUT2D eigenvalue weighted by Crippen LogP contribution is -2.44. The van der Waals surface area contributed by atoms with Gasteiger partial charge in [-0.3, -0.25) is 4.90 Å². The first-order valence-corrected chi connectivity index (χ1v) is 11.7. The van der Waals surface area contributed by atoms with Crippen molar-refractivity contribution in [3.05, 3.63) is 47.4 Å². The summed E-state index contributed by atoms with van der Waals surface area (Å²) in [6, 6.07) is 10.2. The van der Waals surface area contributed by atoms with Crippen molar-refractivity contribution >= 4 is 28.3 Å². The van der Waals surface area contributed by atoms with E-state index in [1.807, 2.05) is 18.2 Å². The summed E-state index contributed by atoms with van der Waals surface area (Å²) in [6.07, 6.45) is 0.728. The molecule has 0 amide bonds. The van der Waals surface area contributed by atoms with Gasteiger partial charge in [0.05, 0.1) is 12.8 Å². The lowest BCUT2D eigenvalue weighted by atomic mass is 10.2. The van der Waals surface area contributed by atoms with Gasteiger partial charge < -0.3 is 20.3 Å². The Bertz CT molecular complexity index is 1360. The van der Waals surface area contributed by atoms with Crippen molar-refractivity contribution in [2.45, 2.75) is 19.5 Å². The number of nitrogens with two attached hydrogens (primary N) is 1. The van der Waals surface area contributed by atoms with E-state index in [1.165, 1.54) is 11.3 Å². The Labute approximate surface area is 198 Å². The van der Waals surface area contributed by atoms with Gasteiger partial charge in [-0.25, -0.2) is 15.0 Å². The van der Waals surface area contributed by atoms with E-state index in [-0.39, 0.29) is 0 Å². The third-order valence-electron chi connectivity index (χ3n) is 6.85. The molecule has 34 heavy (non-hydrogen) atoms. The molecule has 0 unspecified atom stereocenters. The molecule has 0 radical (unpaired) electrons. The van der Waals surface area contributed by atoms with Gasteiger partial charge in [-0.2, -0.15) is 4.52 Å². The molecule has 1 fully saturated rings.